The number of aliphatic imine (C=N–C) groups is 1. The van der Waals surface area contributed by atoms with Crippen LogP contribution in [0.4, 0.5) is 0 Å². The zero-order valence-corrected chi connectivity index (χ0v) is 15.4. The number of methoxy groups -OCH3 is 1. The molecule has 128 valence electrons. The van der Waals surface area contributed by atoms with Crippen molar-refractivity contribution in [3.63, 3.8) is 0 Å². The molecule has 1 aliphatic rings. The molecule has 2 rings (SSSR count). The summed E-state index contributed by atoms with van der Waals surface area (Å²) in [5.74, 6) is 1.73. The van der Waals surface area contributed by atoms with Crippen LogP contribution in [0, 0.1) is 12.8 Å². The van der Waals surface area contributed by atoms with Crippen molar-refractivity contribution in [3.8, 4) is 5.75 Å². The van der Waals surface area contributed by atoms with E-state index < -0.39 is 0 Å². The van der Waals surface area contributed by atoms with Gasteiger partial charge in [0.1, 0.15) is 12.4 Å². The van der Waals surface area contributed by atoms with Crippen LogP contribution in [0.15, 0.2) is 52.5 Å². The first-order valence-electron chi connectivity index (χ1n) is 8.22. The Morgan fingerprint density at radius 1 is 1.33 bits per heavy atom. The second kappa shape index (κ2) is 7.95. The number of rotatable bonds is 5. The fourth-order valence-corrected chi connectivity index (χ4v) is 2.37. The lowest BCUT2D eigenvalue weighted by atomic mass is 10.0. The summed E-state index contributed by atoms with van der Waals surface area (Å²) in [7, 11) is 1.63. The third-order valence-corrected chi connectivity index (χ3v) is 4.09. The summed E-state index contributed by atoms with van der Waals surface area (Å²) in [6.07, 6.45) is 9.69. The molecule has 4 heteroatoms. The van der Waals surface area contributed by atoms with E-state index in [1.807, 2.05) is 19.9 Å². The fraction of sp³-hybridized carbons (Fsp3) is 0.400. The molecule has 0 saturated heterocycles. The Morgan fingerprint density at radius 3 is 2.71 bits per heavy atom. The van der Waals surface area contributed by atoms with Gasteiger partial charge in [-0.25, -0.2) is 4.99 Å². The van der Waals surface area contributed by atoms with Gasteiger partial charge in [0.05, 0.1) is 24.6 Å². The minimum atomic E-state index is 0.475. The molecule has 0 saturated carbocycles. The van der Waals surface area contributed by atoms with Crippen molar-refractivity contribution in [1.29, 1.82) is 0 Å². The molecule has 1 aromatic heterocycles. The van der Waals surface area contributed by atoms with E-state index in [0.717, 1.165) is 22.4 Å². The molecule has 1 aliphatic heterocycles. The summed E-state index contributed by atoms with van der Waals surface area (Å²) in [5.41, 5.74) is 5.15. The zero-order valence-electron chi connectivity index (χ0n) is 15.4. The first-order chi connectivity index (χ1) is 11.5. The summed E-state index contributed by atoms with van der Waals surface area (Å²) >= 11 is 0. The van der Waals surface area contributed by atoms with Gasteiger partial charge in [-0.1, -0.05) is 31.6 Å². The van der Waals surface area contributed by atoms with Gasteiger partial charge in [-0.15, -0.1) is 0 Å². The third-order valence-electron chi connectivity index (χ3n) is 4.09. The molecule has 0 unspecified atom stereocenters. The molecule has 0 atom stereocenters. The van der Waals surface area contributed by atoms with E-state index in [9.17, 15) is 0 Å². The predicted molar refractivity (Wildman–Crippen MR) is 98.5 cm³/mol. The Labute approximate surface area is 144 Å². The van der Waals surface area contributed by atoms with Crippen molar-refractivity contribution < 1.29 is 9.47 Å². The molecular formula is C20H26N2O2. The molecule has 24 heavy (non-hydrogen) atoms. The highest BCUT2D eigenvalue weighted by molar-refractivity contribution is 5.99. The minimum absolute atomic E-state index is 0.475. The van der Waals surface area contributed by atoms with Crippen LogP contribution >= 0.6 is 0 Å². The van der Waals surface area contributed by atoms with Crippen molar-refractivity contribution in [2.75, 3.05) is 13.7 Å². The SMILES string of the molecule is C/C=C\C1=C(/C=C(\C)C(C)C)N=C(c2c(C)cncc2OC)OC1. The van der Waals surface area contributed by atoms with E-state index in [2.05, 4.69) is 37.9 Å². The Hall–Kier alpha value is -2.36. The third kappa shape index (κ3) is 3.94. The van der Waals surface area contributed by atoms with Gasteiger partial charge in [-0.05, 0) is 38.3 Å². The topological polar surface area (TPSA) is 43.7 Å². The van der Waals surface area contributed by atoms with Gasteiger partial charge in [0.25, 0.3) is 0 Å². The van der Waals surface area contributed by atoms with Crippen molar-refractivity contribution in [1.82, 2.24) is 4.98 Å². The monoisotopic (exact) mass is 326 g/mol. The quantitative estimate of drug-likeness (QED) is 0.794. The molecule has 0 spiro atoms. The molecule has 0 aromatic carbocycles. The van der Waals surface area contributed by atoms with E-state index in [4.69, 9.17) is 14.5 Å². The van der Waals surface area contributed by atoms with E-state index in [1.165, 1.54) is 5.57 Å². The first kappa shape index (κ1) is 18.0. The van der Waals surface area contributed by atoms with Gasteiger partial charge in [0.2, 0.25) is 5.90 Å². The van der Waals surface area contributed by atoms with Crippen LogP contribution in [-0.4, -0.2) is 24.6 Å². The standard InChI is InChI=1S/C20H26N2O2/c1-7-8-16-12-24-20(22-17(16)9-14(4)13(2)3)19-15(5)10-21-11-18(19)23-6/h7-11,13H,12H2,1-6H3/b8-7-,14-9+. The number of ether oxygens (including phenoxy) is 2. The predicted octanol–water partition coefficient (Wildman–Crippen LogP) is 4.61. The van der Waals surface area contributed by atoms with Crippen molar-refractivity contribution in [2.45, 2.75) is 34.6 Å². The lowest BCUT2D eigenvalue weighted by Crippen LogP contribution is -2.17. The normalized spacial score (nSPS) is 15.8. The van der Waals surface area contributed by atoms with Gasteiger partial charge in [0.15, 0.2) is 0 Å². The maximum Gasteiger partial charge on any atom is 0.225 e. The average Bonchev–Trinajstić information content (AvgIpc) is 2.56. The van der Waals surface area contributed by atoms with Crippen LogP contribution in [0.25, 0.3) is 0 Å². The van der Waals surface area contributed by atoms with Crippen LogP contribution in [0.2, 0.25) is 0 Å². The van der Waals surface area contributed by atoms with Crippen LogP contribution in [0.1, 0.15) is 38.8 Å². The largest absolute Gasteiger partial charge is 0.494 e. The van der Waals surface area contributed by atoms with Crippen LogP contribution < -0.4 is 4.74 Å². The molecule has 2 heterocycles. The van der Waals surface area contributed by atoms with Gasteiger partial charge in [-0.2, -0.15) is 0 Å². The van der Waals surface area contributed by atoms with Crippen molar-refractivity contribution in [3.05, 3.63) is 58.6 Å². The van der Waals surface area contributed by atoms with Gasteiger partial charge in [-0.3, -0.25) is 4.98 Å². The van der Waals surface area contributed by atoms with E-state index in [1.54, 1.807) is 19.5 Å². The second-order valence-corrected chi connectivity index (χ2v) is 6.19. The molecule has 0 N–H and O–H groups in total. The second-order valence-electron chi connectivity index (χ2n) is 6.19. The lowest BCUT2D eigenvalue weighted by Gasteiger charge is -2.20. The number of aryl methyl sites for hydroxylation is 1. The Bertz CT molecular complexity index is 725. The maximum atomic E-state index is 5.93. The first-order valence-corrected chi connectivity index (χ1v) is 8.22. The molecule has 0 radical (unpaired) electrons. The minimum Gasteiger partial charge on any atom is -0.494 e. The molecule has 1 aromatic rings. The number of nitrogens with zero attached hydrogens (tertiary/aromatic N) is 2. The van der Waals surface area contributed by atoms with Gasteiger partial charge < -0.3 is 9.47 Å². The number of allylic oxidation sites excluding steroid dienone is 3. The summed E-state index contributed by atoms with van der Waals surface area (Å²) < 4.78 is 11.4. The number of hydrogen-bond acceptors (Lipinski definition) is 4. The molecule has 0 aliphatic carbocycles. The molecule has 0 bridgehead atoms. The van der Waals surface area contributed by atoms with Crippen LogP contribution in [0.3, 0.4) is 0 Å². The van der Waals surface area contributed by atoms with Crippen LogP contribution in [-0.2, 0) is 4.74 Å². The Morgan fingerprint density at radius 2 is 2.08 bits per heavy atom. The smallest absolute Gasteiger partial charge is 0.225 e. The zero-order chi connectivity index (χ0) is 17.7. The van der Waals surface area contributed by atoms with E-state index in [-0.39, 0.29) is 0 Å². The maximum absolute atomic E-state index is 5.93. The highest BCUT2D eigenvalue weighted by atomic mass is 16.5. The number of pyridine rings is 1. The van der Waals surface area contributed by atoms with E-state index >= 15 is 0 Å². The molecule has 4 nitrogen and oxygen atoms in total. The Balaban J connectivity index is 2.57. The number of aromatic nitrogens is 1. The molecular weight excluding hydrogens is 300 g/mol. The molecule has 0 amide bonds. The molecule has 0 fully saturated rings. The van der Waals surface area contributed by atoms with Crippen LogP contribution in [0.5, 0.6) is 5.75 Å². The summed E-state index contributed by atoms with van der Waals surface area (Å²) in [6, 6.07) is 0. The average molecular weight is 326 g/mol. The summed E-state index contributed by atoms with van der Waals surface area (Å²) in [5, 5.41) is 0. The van der Waals surface area contributed by atoms with E-state index in [0.29, 0.717) is 24.2 Å². The van der Waals surface area contributed by atoms with Crippen molar-refractivity contribution >= 4 is 5.90 Å². The van der Waals surface area contributed by atoms with Gasteiger partial charge in [0, 0.05) is 11.8 Å². The fourth-order valence-electron chi connectivity index (χ4n) is 2.37. The summed E-state index contributed by atoms with van der Waals surface area (Å²) in [4.78, 5) is 8.96. The van der Waals surface area contributed by atoms with Crippen molar-refractivity contribution in [2.24, 2.45) is 10.9 Å². The highest BCUT2D eigenvalue weighted by Crippen LogP contribution is 2.27. The Kier molecular flexibility index (Phi) is 5.96. The lowest BCUT2D eigenvalue weighted by molar-refractivity contribution is 0.332. The highest BCUT2D eigenvalue weighted by Gasteiger charge is 2.20. The summed E-state index contributed by atoms with van der Waals surface area (Å²) in [6.45, 7) is 11.0. The van der Waals surface area contributed by atoms with Gasteiger partial charge >= 0.3 is 0 Å². The number of hydrogen-bond donors (Lipinski definition) is 0.